The molecule has 0 saturated carbocycles. The molecule has 1 aromatic carbocycles. The van der Waals surface area contributed by atoms with Crippen molar-refractivity contribution in [3.8, 4) is 5.75 Å². The van der Waals surface area contributed by atoms with Gasteiger partial charge in [0.25, 0.3) is 0 Å². The van der Waals surface area contributed by atoms with Crippen molar-refractivity contribution in [2.24, 2.45) is 0 Å². The van der Waals surface area contributed by atoms with Crippen molar-refractivity contribution in [1.29, 1.82) is 0 Å². The van der Waals surface area contributed by atoms with Gasteiger partial charge in [0, 0.05) is 0 Å². The van der Waals surface area contributed by atoms with Crippen LogP contribution in [0.25, 0.3) is 6.08 Å². The zero-order valence-corrected chi connectivity index (χ0v) is 10.4. The van der Waals surface area contributed by atoms with Gasteiger partial charge in [0.05, 0.1) is 21.1 Å². The Kier molecular flexibility index (Phi) is 4.56. The Bertz CT molecular complexity index is 350. The van der Waals surface area contributed by atoms with Crippen molar-refractivity contribution in [1.82, 2.24) is 0 Å². The van der Waals surface area contributed by atoms with Crippen LogP contribution in [0.5, 0.6) is 5.75 Å². The average molecular weight is 219 g/mol. The molecule has 2 nitrogen and oxygen atoms in total. The summed E-state index contributed by atoms with van der Waals surface area (Å²) in [5.41, 5.74) is 1.12. The highest BCUT2D eigenvalue weighted by atomic mass is 16.5. The molecule has 87 valence electrons. The number of ether oxygens (including phenoxy) is 1. The fraction of sp³-hybridized carbons (Fsp3) is 0.357. The molecule has 0 bridgehead atoms. The molecule has 0 aromatic heterocycles. The van der Waals surface area contributed by atoms with Gasteiger partial charge < -0.3 is 9.22 Å². The minimum Gasteiger partial charge on any atom is -0.488 e. The Balaban J connectivity index is 2.51. The topological polar surface area (TPSA) is 9.23 Å². The molecule has 0 amide bonds. The first kappa shape index (κ1) is 12.8. The molecule has 0 spiro atoms. The lowest BCUT2D eigenvalue weighted by Gasteiger charge is -2.23. The van der Waals surface area contributed by atoms with E-state index >= 15 is 0 Å². The van der Waals surface area contributed by atoms with Crippen molar-refractivity contribution < 1.29 is 9.22 Å². The number of quaternary nitrogens is 1. The third-order valence-corrected chi connectivity index (χ3v) is 2.20. The molecule has 1 rings (SSSR count). The van der Waals surface area contributed by atoms with Crippen LogP contribution in [0, 0.1) is 6.92 Å². The summed E-state index contributed by atoms with van der Waals surface area (Å²) < 4.78 is 6.61. The number of allylic oxidation sites excluding steroid dienone is 1. The van der Waals surface area contributed by atoms with Gasteiger partial charge >= 0.3 is 0 Å². The number of nitrogens with zero attached hydrogens (tertiary/aromatic N) is 1. The van der Waals surface area contributed by atoms with Gasteiger partial charge in [-0.25, -0.2) is 0 Å². The van der Waals surface area contributed by atoms with Crippen LogP contribution >= 0.6 is 0 Å². The van der Waals surface area contributed by atoms with E-state index in [9.17, 15) is 0 Å². The van der Waals surface area contributed by atoms with Crippen LogP contribution < -0.4 is 4.74 Å². The third-order valence-electron chi connectivity index (χ3n) is 2.20. The highest BCUT2D eigenvalue weighted by Gasteiger charge is 2.06. The summed E-state index contributed by atoms with van der Waals surface area (Å²) >= 11 is 0. The molecule has 0 atom stereocenters. The smallest absolute Gasteiger partial charge is 0.137 e. The molecular weight excluding hydrogens is 198 g/mol. The van der Waals surface area contributed by atoms with E-state index in [2.05, 4.69) is 28.1 Å². The maximum absolute atomic E-state index is 5.70. The Morgan fingerprint density at radius 1 is 1.31 bits per heavy atom. The van der Waals surface area contributed by atoms with Crippen LogP contribution in [-0.2, 0) is 0 Å². The van der Waals surface area contributed by atoms with Crippen LogP contribution in [0.3, 0.4) is 0 Å². The molecule has 0 aliphatic carbocycles. The number of rotatable bonds is 5. The maximum atomic E-state index is 5.70. The van der Waals surface area contributed by atoms with E-state index in [0.717, 1.165) is 28.9 Å². The molecule has 2 heteroatoms. The largest absolute Gasteiger partial charge is 0.488 e. The van der Waals surface area contributed by atoms with E-state index in [4.69, 9.17) is 4.74 Å². The summed E-state index contributed by atoms with van der Waals surface area (Å²) in [7, 11) is 6.47. The lowest BCUT2D eigenvalue weighted by Crippen LogP contribution is -2.38. The van der Waals surface area contributed by atoms with E-state index in [1.807, 2.05) is 30.3 Å². The van der Waals surface area contributed by atoms with Crippen LogP contribution in [0.15, 0.2) is 30.3 Å². The van der Waals surface area contributed by atoms with E-state index < -0.39 is 0 Å². The van der Waals surface area contributed by atoms with Gasteiger partial charge in [0.15, 0.2) is 0 Å². The van der Waals surface area contributed by atoms with Crippen LogP contribution in [-0.4, -0.2) is 38.8 Å². The fourth-order valence-corrected chi connectivity index (χ4v) is 1.28. The van der Waals surface area contributed by atoms with Crippen molar-refractivity contribution >= 4 is 6.08 Å². The number of likely N-dealkylation sites (N-methyl/N-ethyl adjacent to an activating group) is 1. The molecular formula is C14H21NO+. The summed E-state index contributed by atoms with van der Waals surface area (Å²) in [6.07, 6.45) is 3.75. The molecule has 0 N–H and O–H groups in total. The second-order valence-electron chi connectivity index (χ2n) is 4.84. The van der Waals surface area contributed by atoms with Crippen LogP contribution in [0.1, 0.15) is 5.56 Å². The Labute approximate surface area is 98.7 Å². The van der Waals surface area contributed by atoms with E-state index in [1.54, 1.807) is 6.08 Å². The minimum absolute atomic E-state index is 0.737. The zero-order valence-electron chi connectivity index (χ0n) is 10.4. The predicted octanol–water partition coefficient (Wildman–Crippen LogP) is 2.62. The number of benzene rings is 1. The van der Waals surface area contributed by atoms with Gasteiger partial charge in [-0.05, 0) is 24.6 Å². The first-order chi connectivity index (χ1) is 7.51. The van der Waals surface area contributed by atoms with Gasteiger partial charge in [-0.1, -0.05) is 24.3 Å². The highest BCUT2D eigenvalue weighted by Crippen LogP contribution is 2.14. The van der Waals surface area contributed by atoms with Crippen LogP contribution in [0.2, 0.25) is 0 Å². The molecule has 1 aromatic rings. The first-order valence-corrected chi connectivity index (χ1v) is 5.50. The molecule has 0 aliphatic heterocycles. The van der Waals surface area contributed by atoms with Crippen LogP contribution in [0.4, 0.5) is 0 Å². The summed E-state index contributed by atoms with van der Waals surface area (Å²) in [4.78, 5) is 0. The van der Waals surface area contributed by atoms with Crippen molar-refractivity contribution in [2.75, 3.05) is 34.3 Å². The highest BCUT2D eigenvalue weighted by molar-refractivity contribution is 5.51. The summed E-state index contributed by atoms with van der Waals surface area (Å²) in [6, 6.07) is 8.04. The van der Waals surface area contributed by atoms with E-state index in [0.29, 0.717) is 0 Å². The van der Waals surface area contributed by atoms with Gasteiger partial charge in [0.1, 0.15) is 18.9 Å². The van der Waals surface area contributed by atoms with Gasteiger partial charge in [-0.3, -0.25) is 0 Å². The average Bonchev–Trinajstić information content (AvgIpc) is 2.17. The minimum atomic E-state index is 0.737. The van der Waals surface area contributed by atoms with Gasteiger partial charge in [0.2, 0.25) is 0 Å². The molecule has 0 aliphatic rings. The van der Waals surface area contributed by atoms with E-state index in [-0.39, 0.29) is 0 Å². The quantitative estimate of drug-likeness (QED) is 0.692. The zero-order chi connectivity index (χ0) is 12.0. The maximum Gasteiger partial charge on any atom is 0.137 e. The lowest BCUT2D eigenvalue weighted by molar-refractivity contribution is -0.870. The summed E-state index contributed by atoms with van der Waals surface area (Å²) in [5.74, 6) is 0.920. The van der Waals surface area contributed by atoms with E-state index in [1.165, 1.54) is 0 Å². The standard InChI is InChI=1S/C14H21NO/c1-5-7-13-8-6-9-14(12-13)16-11-10-15(2,3)4/h5-9,12H,1,10-11H2,2-4H3/q+1/b7-5+. The van der Waals surface area contributed by atoms with Crippen molar-refractivity contribution in [3.05, 3.63) is 42.8 Å². The Hall–Kier alpha value is -1.28. The number of hydrogen-bond donors (Lipinski definition) is 0. The second kappa shape index (κ2) is 5.71. The monoisotopic (exact) mass is 219 g/mol. The lowest BCUT2D eigenvalue weighted by atomic mass is 10.2. The predicted molar refractivity (Wildman–Crippen MR) is 69.2 cm³/mol. The SMILES string of the molecule is [CH2]/C=C/c1cccc(OCC[N+](C)(C)C)c1. The normalized spacial score (nSPS) is 12.0. The van der Waals surface area contributed by atoms with Crippen molar-refractivity contribution in [2.45, 2.75) is 0 Å². The second-order valence-corrected chi connectivity index (χ2v) is 4.84. The molecule has 0 saturated heterocycles. The molecule has 0 heterocycles. The summed E-state index contributed by atoms with van der Waals surface area (Å²) in [6.45, 7) is 5.41. The summed E-state index contributed by atoms with van der Waals surface area (Å²) in [5, 5.41) is 0. The fourth-order valence-electron chi connectivity index (χ4n) is 1.28. The molecule has 0 fully saturated rings. The molecule has 16 heavy (non-hydrogen) atoms. The number of hydrogen-bond acceptors (Lipinski definition) is 1. The van der Waals surface area contributed by atoms with Gasteiger partial charge in [-0.15, -0.1) is 0 Å². The molecule has 1 radical (unpaired) electrons. The molecule has 0 unspecified atom stereocenters. The Morgan fingerprint density at radius 3 is 2.69 bits per heavy atom. The third kappa shape index (κ3) is 4.99. The van der Waals surface area contributed by atoms with Crippen molar-refractivity contribution in [3.63, 3.8) is 0 Å². The van der Waals surface area contributed by atoms with Gasteiger partial charge in [-0.2, -0.15) is 0 Å². The Morgan fingerprint density at radius 2 is 2.06 bits per heavy atom. The first-order valence-electron chi connectivity index (χ1n) is 5.50.